The number of rotatable bonds is 4. The number of non-ortho nitro benzene ring substituents is 1. The predicted molar refractivity (Wildman–Crippen MR) is 68.9 cm³/mol. The minimum absolute atomic E-state index is 0.128. The van der Waals surface area contributed by atoms with Crippen LogP contribution in [0, 0.1) is 10.1 Å². The van der Waals surface area contributed by atoms with Crippen LogP contribution in [0.5, 0.6) is 5.75 Å². The highest BCUT2D eigenvalue weighted by atomic mass is 16.6. The number of amides is 1. The minimum Gasteiger partial charge on any atom is -0.506 e. The molecule has 1 amide bonds. The summed E-state index contributed by atoms with van der Waals surface area (Å²) in [6, 6.07) is 3.19. The molecule has 0 aliphatic carbocycles. The summed E-state index contributed by atoms with van der Waals surface area (Å²) in [5, 5.41) is 31.3. The van der Waals surface area contributed by atoms with Gasteiger partial charge in [-0.25, -0.2) is 4.79 Å². The number of nitrogens with zero attached hydrogens (tertiary/aromatic N) is 1. The number of aliphatic carboxylic acids is 1. The van der Waals surface area contributed by atoms with Crippen molar-refractivity contribution in [3.63, 3.8) is 0 Å². The second-order valence-electron chi connectivity index (χ2n) is 4.48. The number of carboxylic acid groups (broad SMARTS) is 1. The molecule has 1 fully saturated rings. The van der Waals surface area contributed by atoms with Crippen molar-refractivity contribution in [3.8, 4) is 5.75 Å². The molecule has 9 nitrogen and oxygen atoms in total. The normalized spacial score (nSPS) is 21.0. The Bertz CT molecular complexity index is 601. The van der Waals surface area contributed by atoms with E-state index in [9.17, 15) is 24.8 Å². The smallest absolute Gasteiger partial charge is 0.332 e. The average Bonchev–Trinajstić information content (AvgIpc) is 2.90. The largest absolute Gasteiger partial charge is 0.506 e. The number of aromatic hydroxyl groups is 1. The molecular formula is C12H12N2O7. The van der Waals surface area contributed by atoms with Crippen LogP contribution >= 0.6 is 0 Å². The minimum atomic E-state index is -1.15. The molecule has 0 bridgehead atoms. The first-order chi connectivity index (χ1) is 9.88. The topological polar surface area (TPSA) is 139 Å². The molecular weight excluding hydrogens is 284 g/mol. The number of nitro benzene ring substituents is 1. The van der Waals surface area contributed by atoms with Crippen LogP contribution in [-0.4, -0.2) is 39.2 Å². The summed E-state index contributed by atoms with van der Waals surface area (Å²) in [6.07, 6.45) is -1.59. The molecule has 0 unspecified atom stereocenters. The number of hydrogen-bond acceptors (Lipinski definition) is 6. The van der Waals surface area contributed by atoms with Gasteiger partial charge in [0.2, 0.25) is 0 Å². The van der Waals surface area contributed by atoms with Gasteiger partial charge in [-0.15, -0.1) is 0 Å². The van der Waals surface area contributed by atoms with Crippen molar-refractivity contribution in [1.29, 1.82) is 0 Å². The van der Waals surface area contributed by atoms with Crippen LogP contribution in [-0.2, 0) is 14.3 Å². The van der Waals surface area contributed by atoms with Crippen LogP contribution in [0.4, 0.5) is 11.4 Å². The lowest BCUT2D eigenvalue weighted by Crippen LogP contribution is -2.29. The van der Waals surface area contributed by atoms with Gasteiger partial charge >= 0.3 is 5.97 Å². The van der Waals surface area contributed by atoms with Crippen molar-refractivity contribution in [2.75, 3.05) is 5.32 Å². The fourth-order valence-electron chi connectivity index (χ4n) is 1.96. The lowest BCUT2D eigenvalue weighted by Gasteiger charge is -2.12. The summed E-state index contributed by atoms with van der Waals surface area (Å²) in [5.41, 5.74) is -0.421. The van der Waals surface area contributed by atoms with E-state index < -0.39 is 29.0 Å². The van der Waals surface area contributed by atoms with Crippen molar-refractivity contribution in [2.45, 2.75) is 25.0 Å². The first-order valence-electron chi connectivity index (χ1n) is 6.05. The molecule has 1 heterocycles. The lowest BCUT2D eigenvalue weighted by atomic mass is 10.2. The second kappa shape index (κ2) is 5.75. The Hall–Kier alpha value is -2.68. The molecule has 0 spiro atoms. The number of phenolic OH excluding ortho intramolecular Hbond substituents is 1. The van der Waals surface area contributed by atoms with Crippen LogP contribution in [0.2, 0.25) is 0 Å². The van der Waals surface area contributed by atoms with Crippen LogP contribution < -0.4 is 5.32 Å². The van der Waals surface area contributed by atoms with Crippen molar-refractivity contribution in [2.24, 2.45) is 0 Å². The van der Waals surface area contributed by atoms with Gasteiger partial charge in [-0.3, -0.25) is 14.9 Å². The number of carbonyl (C=O) groups excluding carboxylic acids is 1. The van der Waals surface area contributed by atoms with Gasteiger partial charge in [-0.2, -0.15) is 0 Å². The lowest BCUT2D eigenvalue weighted by molar-refractivity contribution is -0.384. The Morgan fingerprint density at radius 2 is 2.00 bits per heavy atom. The summed E-state index contributed by atoms with van der Waals surface area (Å²) >= 11 is 0. The van der Waals surface area contributed by atoms with Gasteiger partial charge in [0, 0.05) is 12.1 Å². The Morgan fingerprint density at radius 3 is 2.57 bits per heavy atom. The van der Waals surface area contributed by atoms with E-state index in [2.05, 4.69) is 5.32 Å². The number of carbonyl (C=O) groups is 2. The number of nitro groups is 1. The Kier molecular flexibility index (Phi) is 4.03. The van der Waals surface area contributed by atoms with E-state index in [1.165, 1.54) is 0 Å². The van der Waals surface area contributed by atoms with E-state index in [1.807, 2.05) is 0 Å². The van der Waals surface area contributed by atoms with Gasteiger partial charge in [0.1, 0.15) is 11.9 Å². The molecule has 2 atom stereocenters. The molecule has 0 saturated carbocycles. The van der Waals surface area contributed by atoms with E-state index in [0.29, 0.717) is 0 Å². The molecule has 0 aromatic heterocycles. The van der Waals surface area contributed by atoms with Gasteiger partial charge in [-0.1, -0.05) is 0 Å². The van der Waals surface area contributed by atoms with E-state index in [0.717, 1.165) is 18.2 Å². The van der Waals surface area contributed by atoms with E-state index in [-0.39, 0.29) is 30.0 Å². The third kappa shape index (κ3) is 3.26. The summed E-state index contributed by atoms with van der Waals surface area (Å²) in [6.45, 7) is 0. The van der Waals surface area contributed by atoms with Crippen LogP contribution in [0.15, 0.2) is 18.2 Å². The number of nitrogens with one attached hydrogen (secondary N) is 1. The molecule has 1 saturated heterocycles. The first-order valence-corrected chi connectivity index (χ1v) is 6.05. The van der Waals surface area contributed by atoms with Gasteiger partial charge in [-0.05, 0) is 18.9 Å². The number of anilines is 1. The standard InChI is InChI=1S/C12H12N2O7/c15-8-2-1-6(14(19)20)5-7(8)13-11(16)9-3-4-10(21-9)12(17)18/h1-2,5,9-10,15H,3-4H2,(H,13,16)(H,17,18)/t9-,10+/m0/s1. The molecule has 9 heteroatoms. The molecule has 21 heavy (non-hydrogen) atoms. The van der Waals surface area contributed by atoms with Crippen LogP contribution in [0.3, 0.4) is 0 Å². The summed E-state index contributed by atoms with van der Waals surface area (Å²) in [7, 11) is 0. The fourth-order valence-corrected chi connectivity index (χ4v) is 1.96. The number of hydrogen-bond donors (Lipinski definition) is 3. The van der Waals surface area contributed by atoms with Gasteiger partial charge in [0.15, 0.2) is 6.10 Å². The SMILES string of the molecule is O=C(Nc1cc([N+](=O)[O-])ccc1O)[C@@H]1CC[C@H](C(=O)O)O1. The quantitative estimate of drug-likeness (QED) is 0.425. The maximum absolute atomic E-state index is 11.9. The number of benzene rings is 1. The summed E-state index contributed by atoms with van der Waals surface area (Å²) in [4.78, 5) is 32.6. The Balaban J connectivity index is 2.08. The number of carboxylic acids is 1. The zero-order valence-electron chi connectivity index (χ0n) is 10.7. The summed E-state index contributed by atoms with van der Waals surface area (Å²) in [5.74, 6) is -2.14. The number of phenols is 1. The summed E-state index contributed by atoms with van der Waals surface area (Å²) < 4.78 is 5.05. The zero-order valence-corrected chi connectivity index (χ0v) is 10.7. The van der Waals surface area contributed by atoms with E-state index >= 15 is 0 Å². The molecule has 1 aliphatic heterocycles. The fraction of sp³-hybridized carbons (Fsp3) is 0.333. The van der Waals surface area contributed by atoms with Crippen LogP contribution in [0.1, 0.15) is 12.8 Å². The maximum atomic E-state index is 11.9. The highest BCUT2D eigenvalue weighted by molar-refractivity contribution is 5.96. The predicted octanol–water partition coefficient (Wildman–Crippen LogP) is 0.871. The molecule has 3 N–H and O–H groups in total. The van der Waals surface area contributed by atoms with Crippen molar-refractivity contribution in [3.05, 3.63) is 28.3 Å². The molecule has 1 aromatic rings. The van der Waals surface area contributed by atoms with Gasteiger partial charge < -0.3 is 20.3 Å². The molecule has 2 rings (SSSR count). The first kappa shape index (κ1) is 14.7. The molecule has 1 aromatic carbocycles. The molecule has 0 radical (unpaired) electrons. The van der Waals surface area contributed by atoms with Gasteiger partial charge in [0.25, 0.3) is 11.6 Å². The van der Waals surface area contributed by atoms with Crippen molar-refractivity contribution >= 4 is 23.3 Å². The third-order valence-corrected chi connectivity index (χ3v) is 3.04. The van der Waals surface area contributed by atoms with E-state index in [1.54, 1.807) is 0 Å². The maximum Gasteiger partial charge on any atom is 0.332 e. The Labute approximate surface area is 118 Å². The highest BCUT2D eigenvalue weighted by Crippen LogP contribution is 2.29. The molecule has 1 aliphatic rings. The van der Waals surface area contributed by atoms with Gasteiger partial charge in [0.05, 0.1) is 10.6 Å². The highest BCUT2D eigenvalue weighted by Gasteiger charge is 2.35. The van der Waals surface area contributed by atoms with E-state index in [4.69, 9.17) is 9.84 Å². The third-order valence-electron chi connectivity index (χ3n) is 3.04. The average molecular weight is 296 g/mol. The van der Waals surface area contributed by atoms with Crippen molar-refractivity contribution in [1.82, 2.24) is 0 Å². The van der Waals surface area contributed by atoms with Crippen molar-refractivity contribution < 1.29 is 29.5 Å². The second-order valence-corrected chi connectivity index (χ2v) is 4.48. The van der Waals surface area contributed by atoms with Crippen LogP contribution in [0.25, 0.3) is 0 Å². The zero-order chi connectivity index (χ0) is 15.6. The number of ether oxygens (including phenoxy) is 1. The monoisotopic (exact) mass is 296 g/mol. The Morgan fingerprint density at radius 1 is 1.33 bits per heavy atom. The molecule has 112 valence electrons.